The highest BCUT2D eigenvalue weighted by Crippen LogP contribution is 2.33. The van der Waals surface area contributed by atoms with E-state index in [1.807, 2.05) is 0 Å². The van der Waals surface area contributed by atoms with Gasteiger partial charge in [0.25, 0.3) is 0 Å². The fourth-order valence-corrected chi connectivity index (χ4v) is 2.03. The summed E-state index contributed by atoms with van der Waals surface area (Å²) in [6.45, 7) is 0. The number of hydrogen-bond donors (Lipinski definition) is 0. The quantitative estimate of drug-likeness (QED) is 0.625. The Morgan fingerprint density at radius 3 is 2.64 bits per heavy atom. The van der Waals surface area contributed by atoms with E-state index in [0.29, 0.717) is 0 Å². The first kappa shape index (κ1) is 16.0. The lowest BCUT2D eigenvalue weighted by molar-refractivity contribution is -0.141. The lowest BCUT2D eigenvalue weighted by Gasteiger charge is -2.10. The van der Waals surface area contributed by atoms with Gasteiger partial charge in [-0.05, 0) is 12.1 Å². The minimum atomic E-state index is -4.60. The highest BCUT2D eigenvalue weighted by Gasteiger charge is 2.36. The van der Waals surface area contributed by atoms with Crippen molar-refractivity contribution in [3.63, 3.8) is 0 Å². The van der Waals surface area contributed by atoms with Crippen LogP contribution < -0.4 is 0 Å². The van der Waals surface area contributed by atoms with Crippen molar-refractivity contribution in [2.24, 2.45) is 0 Å². The number of hydrogen-bond acceptors (Lipinski definition) is 2. The van der Waals surface area contributed by atoms with E-state index in [0.717, 1.165) is 10.7 Å². The minimum absolute atomic E-state index is 0.0564. The second-order valence-corrected chi connectivity index (χ2v) is 4.56. The average molecular weight is 327 g/mol. The number of halogens is 4. The predicted molar refractivity (Wildman–Crippen MR) is 77.4 cm³/mol. The number of ether oxygens (including phenoxy) is 1. The molecule has 0 saturated heterocycles. The summed E-state index contributed by atoms with van der Waals surface area (Å²) in [5.41, 5.74) is -0.724. The van der Waals surface area contributed by atoms with Crippen LogP contribution in [0, 0.1) is 12.3 Å². The van der Waals surface area contributed by atoms with Gasteiger partial charge in [-0.15, -0.1) is 6.42 Å². The highest BCUT2D eigenvalue weighted by atomic mass is 35.5. The van der Waals surface area contributed by atoms with E-state index in [-0.39, 0.29) is 22.2 Å². The van der Waals surface area contributed by atoms with Crippen LogP contribution in [0.25, 0.3) is 11.4 Å². The first-order valence-corrected chi connectivity index (χ1v) is 6.39. The molecule has 1 aromatic heterocycles. The van der Waals surface area contributed by atoms with Crippen LogP contribution in [0.2, 0.25) is 5.02 Å². The van der Waals surface area contributed by atoms with Gasteiger partial charge in [-0.1, -0.05) is 29.7 Å². The van der Waals surface area contributed by atoms with Crippen LogP contribution in [-0.2, 0) is 10.9 Å². The third-order valence-corrected chi connectivity index (χ3v) is 3.09. The molecule has 0 spiro atoms. The summed E-state index contributed by atoms with van der Waals surface area (Å²) < 4.78 is 44.9. The van der Waals surface area contributed by atoms with Gasteiger partial charge in [0.05, 0.1) is 17.8 Å². The number of methoxy groups -OCH3 is 1. The molecule has 0 N–H and O–H groups in total. The third-order valence-electron chi connectivity index (χ3n) is 2.77. The molecule has 1 heterocycles. The lowest BCUT2D eigenvalue weighted by Crippen LogP contribution is -2.08. The second kappa shape index (κ2) is 6.16. The number of nitrogens with zero attached hydrogens (tertiary/aromatic N) is 2. The van der Waals surface area contributed by atoms with Crippen LogP contribution in [0.5, 0.6) is 0 Å². The van der Waals surface area contributed by atoms with E-state index in [1.54, 1.807) is 24.3 Å². The summed E-state index contributed by atoms with van der Waals surface area (Å²) in [6.07, 6.45) is 1.78. The van der Waals surface area contributed by atoms with Crippen molar-refractivity contribution in [1.82, 2.24) is 9.78 Å². The van der Waals surface area contributed by atoms with Crippen molar-refractivity contribution in [2.45, 2.75) is 6.18 Å². The standard InChI is InChI=1S/C15H10ClF3N2O/c1-3-6-13(22-2)12-9-14(15(17,18)19)20-21(12)11-8-5-4-7-10(11)16/h1,4-9H,2H3/b13-6-. The van der Waals surface area contributed by atoms with E-state index in [4.69, 9.17) is 22.8 Å². The SMILES string of the molecule is C#C/C=C(\OC)c1cc(C(F)(F)F)nn1-c1ccccc1Cl. The maximum Gasteiger partial charge on any atom is 0.435 e. The smallest absolute Gasteiger partial charge is 0.435 e. The van der Waals surface area contributed by atoms with Crippen molar-refractivity contribution in [2.75, 3.05) is 7.11 Å². The fourth-order valence-electron chi connectivity index (χ4n) is 1.82. The highest BCUT2D eigenvalue weighted by molar-refractivity contribution is 6.32. The molecule has 7 heteroatoms. The van der Waals surface area contributed by atoms with Crippen molar-refractivity contribution >= 4 is 17.4 Å². The molecule has 0 amide bonds. The topological polar surface area (TPSA) is 27.1 Å². The number of rotatable bonds is 3. The summed E-state index contributed by atoms with van der Waals surface area (Å²) in [5, 5.41) is 3.83. The van der Waals surface area contributed by atoms with Gasteiger partial charge in [-0.3, -0.25) is 0 Å². The van der Waals surface area contributed by atoms with Crippen LogP contribution in [0.15, 0.2) is 36.4 Å². The lowest BCUT2D eigenvalue weighted by atomic mass is 10.2. The third kappa shape index (κ3) is 3.10. The van der Waals surface area contributed by atoms with E-state index >= 15 is 0 Å². The summed E-state index contributed by atoms with van der Waals surface area (Å²) in [4.78, 5) is 0. The molecule has 0 aliphatic rings. The van der Waals surface area contributed by atoms with Gasteiger partial charge < -0.3 is 4.74 Å². The molecule has 0 radical (unpaired) electrons. The summed E-state index contributed by atoms with van der Waals surface area (Å²) >= 11 is 6.04. The van der Waals surface area contributed by atoms with Gasteiger partial charge in [0.1, 0.15) is 5.69 Å². The van der Waals surface area contributed by atoms with Crippen molar-refractivity contribution < 1.29 is 17.9 Å². The van der Waals surface area contributed by atoms with Gasteiger partial charge in [0.15, 0.2) is 11.5 Å². The Bertz CT molecular complexity index is 757. The molecule has 1 aromatic carbocycles. The molecule has 2 rings (SSSR count). The Labute approximate surface area is 130 Å². The van der Waals surface area contributed by atoms with E-state index < -0.39 is 11.9 Å². The summed E-state index contributed by atoms with van der Waals surface area (Å²) in [6, 6.07) is 7.25. The Balaban J connectivity index is 2.72. The molecule has 0 fully saturated rings. The molecular formula is C15H10ClF3N2O. The maximum absolute atomic E-state index is 12.9. The largest absolute Gasteiger partial charge is 0.494 e. The molecule has 0 atom stereocenters. The summed E-state index contributed by atoms with van der Waals surface area (Å²) in [7, 11) is 1.31. The summed E-state index contributed by atoms with van der Waals surface area (Å²) in [5.74, 6) is 2.29. The predicted octanol–water partition coefficient (Wildman–Crippen LogP) is 4.17. The molecule has 22 heavy (non-hydrogen) atoms. The maximum atomic E-state index is 12.9. The van der Waals surface area contributed by atoms with Crippen LogP contribution in [0.3, 0.4) is 0 Å². The molecule has 0 aliphatic carbocycles. The number of alkyl halides is 3. The molecule has 0 bridgehead atoms. The Kier molecular flexibility index (Phi) is 4.48. The molecule has 3 nitrogen and oxygen atoms in total. The van der Waals surface area contributed by atoms with Crippen molar-refractivity contribution in [3.8, 4) is 18.0 Å². The Morgan fingerprint density at radius 1 is 1.41 bits per heavy atom. The van der Waals surface area contributed by atoms with Crippen LogP contribution in [0.1, 0.15) is 11.4 Å². The van der Waals surface area contributed by atoms with E-state index in [9.17, 15) is 13.2 Å². The fraction of sp³-hybridized carbons (Fsp3) is 0.133. The molecule has 0 aliphatic heterocycles. The van der Waals surface area contributed by atoms with E-state index in [1.165, 1.54) is 13.2 Å². The first-order chi connectivity index (χ1) is 10.4. The van der Waals surface area contributed by atoms with Crippen LogP contribution in [-0.4, -0.2) is 16.9 Å². The molecule has 114 valence electrons. The second-order valence-electron chi connectivity index (χ2n) is 4.16. The number of aromatic nitrogens is 2. The van der Waals surface area contributed by atoms with Crippen LogP contribution >= 0.6 is 11.6 Å². The van der Waals surface area contributed by atoms with Crippen molar-refractivity contribution in [1.29, 1.82) is 0 Å². The van der Waals surface area contributed by atoms with E-state index in [2.05, 4.69) is 11.0 Å². The number of benzene rings is 1. The zero-order chi connectivity index (χ0) is 16.3. The van der Waals surface area contributed by atoms with Gasteiger partial charge in [-0.2, -0.15) is 18.3 Å². The monoisotopic (exact) mass is 326 g/mol. The average Bonchev–Trinajstić information content (AvgIpc) is 2.90. The zero-order valence-electron chi connectivity index (χ0n) is 11.4. The van der Waals surface area contributed by atoms with Gasteiger partial charge in [0, 0.05) is 12.1 Å². The Morgan fingerprint density at radius 2 is 2.09 bits per heavy atom. The first-order valence-electron chi connectivity index (χ1n) is 6.01. The number of allylic oxidation sites excluding steroid dienone is 1. The Hall–Kier alpha value is -2.39. The van der Waals surface area contributed by atoms with Crippen LogP contribution in [0.4, 0.5) is 13.2 Å². The normalized spacial score (nSPS) is 12.1. The van der Waals surface area contributed by atoms with Gasteiger partial charge in [-0.25, -0.2) is 4.68 Å². The molecule has 0 saturated carbocycles. The van der Waals surface area contributed by atoms with Gasteiger partial charge in [0.2, 0.25) is 0 Å². The molecule has 0 unspecified atom stereocenters. The molecular weight excluding hydrogens is 317 g/mol. The van der Waals surface area contributed by atoms with Crippen molar-refractivity contribution in [3.05, 3.63) is 52.8 Å². The zero-order valence-corrected chi connectivity index (χ0v) is 12.1. The van der Waals surface area contributed by atoms with Gasteiger partial charge >= 0.3 is 6.18 Å². The minimum Gasteiger partial charge on any atom is -0.494 e. The number of para-hydroxylation sites is 1. The molecule has 2 aromatic rings. The number of terminal acetylenes is 1.